The van der Waals surface area contributed by atoms with E-state index in [0.29, 0.717) is 90.6 Å². The van der Waals surface area contributed by atoms with Gasteiger partial charge in [0.1, 0.15) is 23.0 Å². The molecule has 36 heteroatoms. The second-order valence-corrected chi connectivity index (χ2v) is 52.1. The molecule has 0 aromatic heterocycles. The summed E-state index contributed by atoms with van der Waals surface area (Å²) in [6.07, 6.45) is 0. The van der Waals surface area contributed by atoms with Gasteiger partial charge in [-0.2, -0.15) is 0 Å². The first kappa shape index (κ1) is 118. The average molecular weight is 2150 g/mol. The van der Waals surface area contributed by atoms with Crippen LogP contribution in [0.4, 0.5) is 0 Å². The average Bonchev–Trinajstić information content (AvgIpc) is 0.737. The highest BCUT2D eigenvalue weighted by Gasteiger charge is 2.30. The Bertz CT molecular complexity index is 7660. The van der Waals surface area contributed by atoms with E-state index in [1.54, 1.807) is 72.8 Å². The van der Waals surface area contributed by atoms with Gasteiger partial charge in [0.15, 0.2) is 149 Å². The number of hydrogen-bond acceptors (Lipinski definition) is 29. The molecule has 0 bridgehead atoms. The quantitative estimate of drug-likeness (QED) is 0.0400. The highest BCUT2D eigenvalue weighted by Crippen LogP contribution is 2.51. The molecular weight excluding hydrogens is 2010 g/mol. The van der Waals surface area contributed by atoms with Crippen LogP contribution in [0.25, 0.3) is 86.2 Å². The Morgan fingerprint density at radius 2 is 0.331 bits per heavy atom. The number of hydrogen-bond donors (Lipinski definition) is 29. The molecule has 0 amide bonds. The number of benzene rings is 16. The van der Waals surface area contributed by atoms with Gasteiger partial charge in [0.2, 0.25) is 23.0 Å². The van der Waals surface area contributed by atoms with Crippen molar-refractivity contribution in [1.82, 2.24) is 0 Å². The number of fused-ring (bicyclic) bond motifs is 8. The minimum Gasteiger partial charge on any atom is -0.508 e. The third kappa shape index (κ3) is 25.3. The SMILES string of the molecule is CC(C)(C)c1ccc2c(O)c(O)c(O)c(O)c2c1.CC(C)(C)c1ccc2c(O)c(O)c(O)c([SiH2]O)c2c1.CC(C)(C)c1ccc2c(O)c(O)c([SiH2]O)c(O)c2c1.CC(C)(C)c1ccc2c(O)c(O)c([SiH2]O)cc2c1.CC(C)(C)c1ccc2c(O)c([SiH2]O)c(O)c(O)c2c1.CC(C)(C)c1ccc2c(O)c([SiH2]O)c(O)cc2c1.CC(C)(C)c1ccc2c([SiH2]O)c(O)c(O)c(O)c2c1.CC(C)(C)c1ccc2c([SiH2]O)c(O)c(O)cc2c1. The van der Waals surface area contributed by atoms with Gasteiger partial charge in [-0.3, -0.25) is 0 Å². The van der Waals surface area contributed by atoms with E-state index in [1.165, 1.54) is 0 Å². The third-order valence-electron chi connectivity index (χ3n) is 26.1. The summed E-state index contributed by atoms with van der Waals surface area (Å²) in [6.45, 7) is 49.7. The molecule has 0 radical (unpaired) electrons. The third-order valence-corrected chi connectivity index (χ3v) is 33.1. The molecule has 29 N–H and O–H groups in total. The van der Waals surface area contributed by atoms with Gasteiger partial charge in [-0.25, -0.2) is 0 Å². The first-order valence-electron chi connectivity index (χ1n) is 47.7. The summed E-state index contributed by atoms with van der Waals surface area (Å²) in [5, 5.41) is 227. The molecule has 0 aliphatic heterocycles. The molecule has 0 unspecified atom stereocenters. The van der Waals surface area contributed by atoms with E-state index in [9.17, 15) is 146 Å². The maximum absolute atomic E-state index is 10.1. The molecule has 0 atom stereocenters. The Morgan fingerprint density at radius 1 is 0.135 bits per heavy atom. The summed E-state index contributed by atoms with van der Waals surface area (Å²) in [5.74, 6) is -7.23. The van der Waals surface area contributed by atoms with Gasteiger partial charge in [-0.05, 0) is 163 Å². The monoisotopic (exact) mass is 2150 g/mol. The van der Waals surface area contributed by atoms with Crippen molar-refractivity contribution in [2.45, 2.75) is 209 Å². The minimum absolute atomic E-state index is 0.0135. The van der Waals surface area contributed by atoms with Gasteiger partial charge in [-0.15, -0.1) is 0 Å². The zero-order valence-corrected chi connectivity index (χ0v) is 97.9. The van der Waals surface area contributed by atoms with Crippen LogP contribution in [-0.2, 0) is 43.3 Å². The topological polar surface area (TPSA) is 587 Å². The Balaban J connectivity index is 0.000000188. The smallest absolute Gasteiger partial charge is 0.204 e. The molecule has 148 heavy (non-hydrogen) atoms. The fraction of sp³-hybridized carbons (Fsp3) is 0.286. The number of phenols is 22. The van der Waals surface area contributed by atoms with E-state index >= 15 is 0 Å². The van der Waals surface area contributed by atoms with E-state index in [4.69, 9.17) is 0 Å². The van der Waals surface area contributed by atoms with Gasteiger partial charge in [-0.1, -0.05) is 287 Å². The van der Waals surface area contributed by atoms with Crippen LogP contribution >= 0.6 is 0 Å². The zero-order chi connectivity index (χ0) is 112. The maximum atomic E-state index is 10.1. The van der Waals surface area contributed by atoms with E-state index in [2.05, 4.69) is 83.1 Å². The van der Waals surface area contributed by atoms with Crippen molar-refractivity contribution in [1.29, 1.82) is 0 Å². The van der Waals surface area contributed by atoms with Crippen LogP contribution in [0, 0.1) is 0 Å². The highest BCUT2D eigenvalue weighted by molar-refractivity contribution is 6.54. The van der Waals surface area contributed by atoms with Crippen LogP contribution < -0.4 is 36.3 Å². The first-order chi connectivity index (χ1) is 68.3. The summed E-state index contributed by atoms with van der Waals surface area (Å²) >= 11 is 0. The van der Waals surface area contributed by atoms with Crippen LogP contribution in [0.2, 0.25) is 0 Å². The minimum atomic E-state index is -1.78. The normalized spacial score (nSPS) is 12.6. The number of phenolic OH excluding ortho intramolecular Hbond substituents is 22. The Kier molecular flexibility index (Phi) is 36.1. The van der Waals surface area contributed by atoms with Gasteiger partial charge >= 0.3 is 0 Å². The van der Waals surface area contributed by atoms with Gasteiger partial charge in [0, 0.05) is 90.2 Å². The van der Waals surface area contributed by atoms with Crippen molar-refractivity contribution < 1.29 is 146 Å². The molecule has 0 aliphatic carbocycles. The van der Waals surface area contributed by atoms with E-state index in [-0.39, 0.29) is 123 Å². The van der Waals surface area contributed by atoms with Crippen molar-refractivity contribution in [2.75, 3.05) is 0 Å². The summed E-state index contributed by atoms with van der Waals surface area (Å²) in [6, 6.07) is 49.1. The lowest BCUT2D eigenvalue weighted by Gasteiger charge is -2.20. The predicted octanol–water partition coefficient (Wildman–Crippen LogP) is 10.5. The molecule has 0 heterocycles. The summed E-state index contributed by atoms with van der Waals surface area (Å²) in [7, 11) is -11.5. The van der Waals surface area contributed by atoms with Crippen LogP contribution in [0.5, 0.6) is 126 Å². The molecule has 0 aliphatic rings. The maximum Gasteiger partial charge on any atom is 0.204 e. The number of rotatable bonds is 7. The van der Waals surface area contributed by atoms with Crippen LogP contribution in [-0.4, -0.2) is 214 Å². The summed E-state index contributed by atoms with van der Waals surface area (Å²) in [5.41, 5.74) is 8.03. The van der Waals surface area contributed by atoms with Crippen molar-refractivity contribution in [3.63, 3.8) is 0 Å². The predicted molar refractivity (Wildman–Crippen MR) is 611 cm³/mol. The molecule has 0 spiro atoms. The lowest BCUT2D eigenvalue weighted by Crippen LogP contribution is -2.17. The van der Waals surface area contributed by atoms with Crippen molar-refractivity contribution in [3.05, 3.63) is 208 Å². The van der Waals surface area contributed by atoms with Crippen molar-refractivity contribution in [2.24, 2.45) is 0 Å². The molecule has 0 fully saturated rings. The largest absolute Gasteiger partial charge is 0.508 e. The summed E-state index contributed by atoms with van der Waals surface area (Å²) in [4.78, 5) is 65.6. The van der Waals surface area contributed by atoms with Gasteiger partial charge < -0.3 is 146 Å². The van der Waals surface area contributed by atoms with Crippen LogP contribution in [0.15, 0.2) is 164 Å². The second kappa shape index (κ2) is 45.2. The van der Waals surface area contributed by atoms with Crippen molar-refractivity contribution >= 4 is 191 Å². The Morgan fingerprint density at radius 3 is 0.662 bits per heavy atom. The van der Waals surface area contributed by atoms with Crippen LogP contribution in [0.1, 0.15) is 211 Å². The number of aromatic hydroxyl groups is 22. The Labute approximate surface area is 875 Å². The fourth-order valence-electron chi connectivity index (χ4n) is 16.5. The molecule has 0 saturated carbocycles. The van der Waals surface area contributed by atoms with E-state index in [1.807, 2.05) is 174 Å². The van der Waals surface area contributed by atoms with Gasteiger partial charge in [0.25, 0.3) is 0 Å². The second-order valence-electron chi connectivity index (χ2n) is 44.9. The molecule has 792 valence electrons. The standard InChI is InChI=1S/4C14H18O4Si.C14H16O4.3C14H18O3Si/c1-14(2,3)7-4-5-8-9(6-7)10(15)11(16)12(17)13(8)19-18;1-14(2,3)7-4-5-8-9(6-7)10(15)12(17)13(19-18)11(8)16;1-14(2,3)7-4-5-8-9(6-7)13(19-18)12(17)11(16)10(8)15;1-14(2,3)7-4-5-8-9(6-7)11(16)13(19-18)12(17)10(8)15;1-14(2,3)7-4-5-8-9(6-7)11(16)13(18)12(17)10(8)15;1-14(2,3)9-4-5-10-8(6-9)7-11(15)12(16)13(10)18-17;1-14(2,3)9-4-5-10-8(6-9)7-11(18-17)13(16)12(10)15;1-14(2,3)9-4-5-10-8(6-9)7-11(15)13(18-17)12(10)16/h4*4-6,15-18H,19H2,1-3H3;4-6,15-18H,1-3H3;3*4-7,15-17H,18H2,1-3H3. The molecule has 0 saturated heterocycles. The Hall–Kier alpha value is -13.6. The van der Waals surface area contributed by atoms with E-state index < -0.39 is 126 Å². The highest BCUT2D eigenvalue weighted by atomic mass is 28.2. The first-order valence-corrected chi connectivity index (χ1v) is 57.1. The molecule has 29 nitrogen and oxygen atoms in total. The zero-order valence-electron chi connectivity index (χ0n) is 88.0. The fourth-order valence-corrected chi connectivity index (χ4v) is 21.5. The van der Waals surface area contributed by atoms with Gasteiger partial charge in [0.05, 0.1) is 0 Å². The van der Waals surface area contributed by atoms with Crippen molar-refractivity contribution in [3.8, 4) is 126 Å². The molecular formula is C112H142O29Si7. The van der Waals surface area contributed by atoms with Crippen LogP contribution in [0.3, 0.4) is 0 Å². The molecule has 16 rings (SSSR count). The lowest BCUT2D eigenvalue weighted by molar-refractivity contribution is 0.351. The lowest BCUT2D eigenvalue weighted by atomic mass is 9.85. The molecule has 16 aromatic rings. The molecule has 16 aromatic carbocycles. The van der Waals surface area contributed by atoms with E-state index in [0.717, 1.165) is 66.1 Å². The summed E-state index contributed by atoms with van der Waals surface area (Å²) < 4.78 is 0.